The molecule has 0 N–H and O–H groups in total. The van der Waals surface area contributed by atoms with Crippen molar-refractivity contribution in [3.63, 3.8) is 0 Å². The van der Waals surface area contributed by atoms with Crippen LogP contribution in [0.3, 0.4) is 0 Å². The molecule has 8 heteroatoms. The van der Waals surface area contributed by atoms with Crippen LogP contribution in [0.15, 0.2) is 21.0 Å². The second kappa shape index (κ2) is 4.96. The number of halogens is 1. The number of hydrogen-bond acceptors (Lipinski definition) is 6. The minimum Gasteiger partial charge on any atom is -0.418 e. The predicted octanol–water partition coefficient (Wildman–Crippen LogP) is 2.41. The highest BCUT2D eigenvalue weighted by molar-refractivity contribution is 6.17. The van der Waals surface area contributed by atoms with Gasteiger partial charge >= 0.3 is 5.88 Å². The van der Waals surface area contributed by atoms with Crippen molar-refractivity contribution in [3.8, 4) is 11.7 Å². The molecule has 0 aliphatic heterocycles. The number of furan rings is 1. The van der Waals surface area contributed by atoms with Gasteiger partial charge in [0, 0.05) is 12.3 Å². The molecular formula is C9H8ClN3O4. The van der Waals surface area contributed by atoms with Crippen molar-refractivity contribution in [2.45, 2.75) is 12.8 Å². The Bertz CT molecular complexity index is 522. The molecule has 2 aromatic rings. The van der Waals surface area contributed by atoms with Gasteiger partial charge in [-0.3, -0.25) is 10.1 Å². The summed E-state index contributed by atoms with van der Waals surface area (Å²) >= 11 is 5.53. The molecule has 0 aromatic carbocycles. The Balaban J connectivity index is 2.15. The van der Waals surface area contributed by atoms with Gasteiger partial charge in [-0.25, -0.2) is 0 Å². The average Bonchev–Trinajstić information content (AvgIpc) is 2.94. The topological polar surface area (TPSA) is 95.2 Å². The molecule has 0 saturated carbocycles. The van der Waals surface area contributed by atoms with E-state index in [1.807, 2.05) is 0 Å². The summed E-state index contributed by atoms with van der Waals surface area (Å²) < 4.78 is 10.2. The number of alkyl halides is 1. The molecule has 7 nitrogen and oxygen atoms in total. The van der Waals surface area contributed by atoms with E-state index in [4.69, 9.17) is 20.4 Å². The Morgan fingerprint density at radius 1 is 1.35 bits per heavy atom. The summed E-state index contributed by atoms with van der Waals surface area (Å²) in [7, 11) is 0. The Morgan fingerprint density at radius 2 is 2.18 bits per heavy atom. The SMILES string of the molecule is O=[N+]([O-])c1ccc(-c2nnc(CCCCl)o2)o1. The maximum Gasteiger partial charge on any atom is 0.433 e. The summed E-state index contributed by atoms with van der Waals surface area (Å²) in [6.07, 6.45) is 1.29. The molecular weight excluding hydrogens is 250 g/mol. The first-order valence-electron chi connectivity index (χ1n) is 4.83. The summed E-state index contributed by atoms with van der Waals surface area (Å²) in [5.41, 5.74) is 0. The van der Waals surface area contributed by atoms with E-state index in [1.165, 1.54) is 12.1 Å². The number of aromatic nitrogens is 2. The van der Waals surface area contributed by atoms with Gasteiger partial charge in [0.15, 0.2) is 5.76 Å². The molecule has 0 unspecified atom stereocenters. The molecule has 0 saturated heterocycles. The third-order valence-electron chi connectivity index (χ3n) is 1.97. The molecule has 0 fully saturated rings. The van der Waals surface area contributed by atoms with Gasteiger partial charge in [0.25, 0.3) is 5.89 Å². The fourth-order valence-electron chi connectivity index (χ4n) is 1.21. The lowest BCUT2D eigenvalue weighted by molar-refractivity contribution is -0.401. The van der Waals surface area contributed by atoms with Gasteiger partial charge in [0.1, 0.15) is 4.92 Å². The Kier molecular flexibility index (Phi) is 3.38. The number of nitrogens with zero attached hydrogens (tertiary/aromatic N) is 3. The van der Waals surface area contributed by atoms with Crippen molar-refractivity contribution in [2.75, 3.05) is 5.88 Å². The van der Waals surface area contributed by atoms with Crippen LogP contribution in [0, 0.1) is 10.1 Å². The van der Waals surface area contributed by atoms with Crippen molar-refractivity contribution < 1.29 is 13.8 Å². The van der Waals surface area contributed by atoms with Crippen LogP contribution in [0.1, 0.15) is 12.3 Å². The van der Waals surface area contributed by atoms with Crippen molar-refractivity contribution in [1.29, 1.82) is 0 Å². The third kappa shape index (κ3) is 2.62. The molecule has 2 heterocycles. The summed E-state index contributed by atoms with van der Waals surface area (Å²) in [5.74, 6) is 0.883. The third-order valence-corrected chi connectivity index (χ3v) is 2.24. The number of aryl methyl sites for hydroxylation is 1. The van der Waals surface area contributed by atoms with Crippen LogP contribution >= 0.6 is 11.6 Å². The molecule has 0 atom stereocenters. The van der Waals surface area contributed by atoms with Crippen LogP contribution in [0.5, 0.6) is 0 Å². The largest absolute Gasteiger partial charge is 0.433 e. The monoisotopic (exact) mass is 257 g/mol. The minimum atomic E-state index is -0.631. The second-order valence-electron chi connectivity index (χ2n) is 3.19. The lowest BCUT2D eigenvalue weighted by Crippen LogP contribution is -1.85. The van der Waals surface area contributed by atoms with Crippen molar-refractivity contribution in [3.05, 3.63) is 28.1 Å². The van der Waals surface area contributed by atoms with E-state index in [9.17, 15) is 10.1 Å². The highest BCUT2D eigenvalue weighted by atomic mass is 35.5. The summed E-state index contributed by atoms with van der Waals surface area (Å²) in [6.45, 7) is 0. The highest BCUT2D eigenvalue weighted by Gasteiger charge is 2.17. The minimum absolute atomic E-state index is 0.127. The van der Waals surface area contributed by atoms with Crippen LogP contribution in [0.2, 0.25) is 0 Å². The lowest BCUT2D eigenvalue weighted by atomic mass is 10.3. The number of hydrogen-bond donors (Lipinski definition) is 0. The van der Waals surface area contributed by atoms with E-state index in [-0.39, 0.29) is 17.5 Å². The van der Waals surface area contributed by atoms with Gasteiger partial charge in [-0.15, -0.1) is 21.8 Å². The van der Waals surface area contributed by atoms with Crippen LogP contribution in [-0.2, 0) is 6.42 Å². The predicted molar refractivity (Wildman–Crippen MR) is 57.7 cm³/mol. The molecule has 0 bridgehead atoms. The summed E-state index contributed by atoms with van der Waals surface area (Å²) in [4.78, 5) is 9.79. The van der Waals surface area contributed by atoms with E-state index < -0.39 is 4.92 Å². The molecule has 0 aliphatic carbocycles. The standard InChI is InChI=1S/C9H8ClN3O4/c10-5-1-2-7-11-12-9(17-7)6-3-4-8(16-6)13(14)15/h3-4H,1-2,5H2. The Labute approximate surface area is 101 Å². The van der Waals surface area contributed by atoms with Crippen molar-refractivity contribution >= 4 is 17.5 Å². The normalized spacial score (nSPS) is 10.6. The average molecular weight is 258 g/mol. The first kappa shape index (κ1) is 11.6. The smallest absolute Gasteiger partial charge is 0.418 e. The number of nitro groups is 1. The van der Waals surface area contributed by atoms with Gasteiger partial charge in [0.2, 0.25) is 5.89 Å². The quantitative estimate of drug-likeness (QED) is 0.464. The first-order valence-corrected chi connectivity index (χ1v) is 5.37. The molecule has 2 rings (SSSR count). The maximum atomic E-state index is 10.4. The molecule has 0 amide bonds. The van der Waals surface area contributed by atoms with E-state index in [0.717, 1.165) is 6.42 Å². The summed E-state index contributed by atoms with van der Waals surface area (Å²) in [6, 6.07) is 2.65. The van der Waals surface area contributed by atoms with Crippen LogP contribution < -0.4 is 0 Å². The van der Waals surface area contributed by atoms with Gasteiger partial charge in [-0.2, -0.15) is 0 Å². The zero-order valence-corrected chi connectivity index (χ0v) is 9.38. The summed E-state index contributed by atoms with van der Waals surface area (Å²) in [5, 5.41) is 17.9. The number of rotatable bonds is 5. The van der Waals surface area contributed by atoms with Gasteiger partial charge in [0.05, 0.1) is 6.07 Å². The lowest BCUT2D eigenvalue weighted by Gasteiger charge is -1.88. The fraction of sp³-hybridized carbons (Fsp3) is 0.333. The zero-order valence-electron chi connectivity index (χ0n) is 8.63. The molecule has 0 radical (unpaired) electrons. The Hall–Kier alpha value is -1.89. The first-order chi connectivity index (χ1) is 8.20. The van der Waals surface area contributed by atoms with Crippen LogP contribution in [0.25, 0.3) is 11.7 Å². The van der Waals surface area contributed by atoms with Crippen molar-refractivity contribution in [2.24, 2.45) is 0 Å². The molecule has 90 valence electrons. The van der Waals surface area contributed by atoms with Gasteiger partial charge < -0.3 is 8.83 Å². The van der Waals surface area contributed by atoms with Crippen LogP contribution in [0.4, 0.5) is 5.88 Å². The molecule has 0 spiro atoms. The van der Waals surface area contributed by atoms with Crippen LogP contribution in [-0.4, -0.2) is 21.0 Å². The molecule has 0 aliphatic rings. The van der Waals surface area contributed by atoms with E-state index in [0.29, 0.717) is 18.2 Å². The molecule has 17 heavy (non-hydrogen) atoms. The molecule has 2 aromatic heterocycles. The highest BCUT2D eigenvalue weighted by Crippen LogP contribution is 2.24. The van der Waals surface area contributed by atoms with E-state index in [1.54, 1.807) is 0 Å². The second-order valence-corrected chi connectivity index (χ2v) is 3.57. The Morgan fingerprint density at radius 3 is 2.82 bits per heavy atom. The van der Waals surface area contributed by atoms with E-state index >= 15 is 0 Å². The van der Waals surface area contributed by atoms with Gasteiger partial charge in [-0.05, 0) is 12.5 Å². The maximum absolute atomic E-state index is 10.4. The van der Waals surface area contributed by atoms with E-state index in [2.05, 4.69) is 10.2 Å². The fourth-order valence-corrected chi connectivity index (χ4v) is 1.35. The van der Waals surface area contributed by atoms with Gasteiger partial charge in [-0.1, -0.05) is 0 Å². The van der Waals surface area contributed by atoms with Crippen molar-refractivity contribution in [1.82, 2.24) is 10.2 Å². The zero-order chi connectivity index (χ0) is 12.3.